The lowest BCUT2D eigenvalue weighted by atomic mass is 9.82. The smallest absolute Gasteiger partial charge is 0.311 e. The van der Waals surface area contributed by atoms with Crippen LogP contribution in [0.15, 0.2) is 57.0 Å². The SMILES string of the molecule is C=S(C)(=O)c1ccc(C2=CCC(c3[nH]c(=O)[nH]c(=O)c3Cc3cccc(F)c3F)CC2)c(F)c1. The predicted molar refractivity (Wildman–Crippen MR) is 127 cm³/mol. The number of nitrogens with one attached hydrogen (secondary N) is 2. The fourth-order valence-electron chi connectivity index (χ4n) is 4.30. The van der Waals surface area contributed by atoms with Crippen LogP contribution in [0.5, 0.6) is 0 Å². The first-order chi connectivity index (χ1) is 16.0. The fraction of sp³-hybridized carbons (Fsp3) is 0.240. The molecule has 1 aliphatic carbocycles. The molecule has 4 rings (SSSR count). The Hall–Kier alpha value is -3.33. The summed E-state index contributed by atoms with van der Waals surface area (Å²) in [4.78, 5) is 29.7. The molecule has 2 unspecified atom stereocenters. The number of aromatic amines is 2. The van der Waals surface area contributed by atoms with Crippen molar-refractivity contribution in [3.8, 4) is 0 Å². The van der Waals surface area contributed by atoms with Crippen molar-refractivity contribution in [2.24, 2.45) is 0 Å². The second-order valence-corrected chi connectivity index (χ2v) is 11.0. The summed E-state index contributed by atoms with van der Waals surface area (Å²) in [5, 5.41) is 0. The van der Waals surface area contributed by atoms with Crippen molar-refractivity contribution in [3.63, 3.8) is 0 Å². The Bertz CT molecular complexity index is 1520. The van der Waals surface area contributed by atoms with E-state index in [9.17, 15) is 27.0 Å². The standard InChI is InChI=1S/C25H23F3N2O3S/c1-34(2,33)17-10-11-18(21(27)13-17)14-6-8-15(9-7-14)23-19(24(31)30-25(32)29-23)12-16-4-3-5-20(26)22(16)28/h3-6,10-11,13,15H,1,7-9,12H2,2H3,(H2,29,30,31,32). The third kappa shape index (κ3) is 4.79. The summed E-state index contributed by atoms with van der Waals surface area (Å²) in [7, 11) is -2.54. The molecule has 2 atom stereocenters. The molecule has 0 saturated heterocycles. The molecule has 0 fully saturated rings. The van der Waals surface area contributed by atoms with Gasteiger partial charge in [0.2, 0.25) is 0 Å². The van der Waals surface area contributed by atoms with E-state index in [2.05, 4.69) is 15.8 Å². The van der Waals surface area contributed by atoms with Gasteiger partial charge in [0, 0.05) is 40.3 Å². The van der Waals surface area contributed by atoms with Crippen molar-refractivity contribution >= 4 is 21.0 Å². The molecule has 0 aliphatic heterocycles. The predicted octanol–water partition coefficient (Wildman–Crippen LogP) is 4.13. The highest BCUT2D eigenvalue weighted by Crippen LogP contribution is 2.37. The molecular weight excluding hydrogens is 465 g/mol. The lowest BCUT2D eigenvalue weighted by Crippen LogP contribution is -2.30. The molecule has 2 N–H and O–H groups in total. The van der Waals surface area contributed by atoms with E-state index >= 15 is 0 Å². The van der Waals surface area contributed by atoms with E-state index in [1.54, 1.807) is 12.1 Å². The van der Waals surface area contributed by atoms with Crippen molar-refractivity contribution in [1.29, 1.82) is 0 Å². The van der Waals surface area contributed by atoms with Gasteiger partial charge in [-0.15, -0.1) is 0 Å². The average Bonchev–Trinajstić information content (AvgIpc) is 2.78. The summed E-state index contributed by atoms with van der Waals surface area (Å²) >= 11 is 0. The van der Waals surface area contributed by atoms with Crippen molar-refractivity contribution in [2.75, 3.05) is 6.26 Å². The minimum atomic E-state index is -2.54. The van der Waals surface area contributed by atoms with E-state index in [0.717, 1.165) is 11.6 Å². The maximum Gasteiger partial charge on any atom is 0.325 e. The Morgan fingerprint density at radius 2 is 1.85 bits per heavy atom. The number of aromatic nitrogens is 2. The number of rotatable bonds is 5. The van der Waals surface area contributed by atoms with Gasteiger partial charge < -0.3 is 4.98 Å². The third-order valence-corrected chi connectivity index (χ3v) is 7.33. The quantitative estimate of drug-likeness (QED) is 0.530. The Balaban J connectivity index is 1.65. The lowest BCUT2D eigenvalue weighted by Gasteiger charge is -2.24. The summed E-state index contributed by atoms with van der Waals surface area (Å²) in [5.74, 6) is 0.762. The van der Waals surface area contributed by atoms with Crippen LogP contribution in [0, 0.1) is 17.5 Å². The molecule has 34 heavy (non-hydrogen) atoms. The molecule has 0 spiro atoms. The summed E-state index contributed by atoms with van der Waals surface area (Å²) < 4.78 is 54.7. The number of allylic oxidation sites excluding steroid dienone is 2. The highest BCUT2D eigenvalue weighted by molar-refractivity contribution is 7.99. The van der Waals surface area contributed by atoms with E-state index < -0.39 is 38.2 Å². The van der Waals surface area contributed by atoms with Gasteiger partial charge in [-0.2, -0.15) is 0 Å². The molecule has 0 bridgehead atoms. The first kappa shape index (κ1) is 23.8. The van der Waals surface area contributed by atoms with E-state index in [1.807, 2.05) is 6.08 Å². The molecule has 1 aliphatic rings. The van der Waals surface area contributed by atoms with Gasteiger partial charge in [-0.05, 0) is 64.0 Å². The van der Waals surface area contributed by atoms with Gasteiger partial charge >= 0.3 is 5.69 Å². The monoisotopic (exact) mass is 488 g/mol. The summed E-state index contributed by atoms with van der Waals surface area (Å²) in [6, 6.07) is 8.15. The maximum atomic E-state index is 14.7. The van der Waals surface area contributed by atoms with Crippen LogP contribution in [0.25, 0.3) is 5.57 Å². The van der Waals surface area contributed by atoms with Crippen LogP contribution in [0.2, 0.25) is 0 Å². The van der Waals surface area contributed by atoms with E-state index in [-0.39, 0.29) is 23.5 Å². The van der Waals surface area contributed by atoms with Crippen LogP contribution in [0.4, 0.5) is 13.2 Å². The maximum absolute atomic E-state index is 14.7. The minimum absolute atomic E-state index is 0.00548. The van der Waals surface area contributed by atoms with Crippen LogP contribution < -0.4 is 11.2 Å². The van der Waals surface area contributed by atoms with Gasteiger partial charge in [-0.1, -0.05) is 24.3 Å². The van der Waals surface area contributed by atoms with E-state index in [1.165, 1.54) is 24.5 Å². The van der Waals surface area contributed by atoms with Crippen LogP contribution in [-0.2, 0) is 15.9 Å². The lowest BCUT2D eigenvalue weighted by molar-refractivity contribution is 0.500. The first-order valence-electron chi connectivity index (χ1n) is 10.6. The molecule has 1 aromatic heterocycles. The van der Waals surface area contributed by atoms with Crippen LogP contribution in [0.3, 0.4) is 0 Å². The van der Waals surface area contributed by atoms with Crippen molar-refractivity contribution in [1.82, 2.24) is 9.97 Å². The first-order valence-corrected chi connectivity index (χ1v) is 12.8. The number of hydrogen-bond acceptors (Lipinski definition) is 3. The Kier molecular flexibility index (Phi) is 6.40. The molecule has 178 valence electrons. The molecule has 0 radical (unpaired) electrons. The van der Waals surface area contributed by atoms with Gasteiger partial charge in [0.05, 0.1) is 0 Å². The topological polar surface area (TPSA) is 82.8 Å². The molecule has 0 saturated carbocycles. The average molecular weight is 489 g/mol. The molecule has 0 amide bonds. The molecular formula is C25H23F3N2O3S. The van der Waals surface area contributed by atoms with E-state index in [0.29, 0.717) is 35.4 Å². The van der Waals surface area contributed by atoms with Crippen LogP contribution >= 0.6 is 0 Å². The zero-order valence-electron chi connectivity index (χ0n) is 18.4. The second kappa shape index (κ2) is 9.13. The molecule has 5 nitrogen and oxygen atoms in total. The van der Waals surface area contributed by atoms with Crippen LogP contribution in [-0.4, -0.2) is 26.3 Å². The van der Waals surface area contributed by atoms with Gasteiger partial charge in [0.25, 0.3) is 5.56 Å². The zero-order valence-corrected chi connectivity index (χ0v) is 19.2. The minimum Gasteiger partial charge on any atom is -0.311 e. The normalized spacial score (nSPS) is 17.8. The highest BCUT2D eigenvalue weighted by Gasteiger charge is 2.24. The fourth-order valence-corrected chi connectivity index (χ4v) is 5.00. The number of benzene rings is 2. The summed E-state index contributed by atoms with van der Waals surface area (Å²) in [6.45, 7) is 0. The van der Waals surface area contributed by atoms with Crippen molar-refractivity contribution < 1.29 is 17.4 Å². The molecule has 9 heteroatoms. The largest absolute Gasteiger partial charge is 0.325 e. The summed E-state index contributed by atoms with van der Waals surface area (Å²) in [6.07, 6.45) is 4.48. The van der Waals surface area contributed by atoms with Crippen molar-refractivity contribution in [2.45, 2.75) is 36.5 Å². The van der Waals surface area contributed by atoms with Crippen LogP contribution in [0.1, 0.15) is 47.6 Å². The number of hydrogen-bond donors (Lipinski definition) is 2. The van der Waals surface area contributed by atoms with Gasteiger partial charge in [-0.3, -0.25) is 14.0 Å². The van der Waals surface area contributed by atoms with E-state index in [4.69, 9.17) is 0 Å². The second-order valence-electron chi connectivity index (χ2n) is 8.54. The highest BCUT2D eigenvalue weighted by atomic mass is 32.2. The Morgan fingerprint density at radius 1 is 1.09 bits per heavy atom. The number of H-pyrrole nitrogens is 2. The van der Waals surface area contributed by atoms with Gasteiger partial charge in [0.1, 0.15) is 5.82 Å². The summed E-state index contributed by atoms with van der Waals surface area (Å²) in [5.41, 5.74) is 0.349. The zero-order chi connectivity index (χ0) is 24.6. The third-order valence-electron chi connectivity index (χ3n) is 6.08. The van der Waals surface area contributed by atoms with Gasteiger partial charge in [-0.25, -0.2) is 18.0 Å². The molecule has 1 heterocycles. The molecule has 3 aromatic rings. The Labute approximate surface area is 194 Å². The molecule has 2 aromatic carbocycles. The Morgan fingerprint density at radius 3 is 2.50 bits per heavy atom. The number of halogens is 3. The van der Waals surface area contributed by atoms with Crippen molar-refractivity contribution in [3.05, 3.63) is 103 Å². The van der Waals surface area contributed by atoms with Gasteiger partial charge in [0.15, 0.2) is 11.6 Å².